The summed E-state index contributed by atoms with van der Waals surface area (Å²) < 4.78 is 0. The molecule has 1 unspecified atom stereocenters. The Hall–Kier alpha value is -1.55. The summed E-state index contributed by atoms with van der Waals surface area (Å²) in [6, 6.07) is 9.00. The van der Waals surface area contributed by atoms with Gasteiger partial charge in [0.25, 0.3) is 0 Å². The van der Waals surface area contributed by atoms with E-state index >= 15 is 0 Å². The fourth-order valence-electron chi connectivity index (χ4n) is 2.94. The molecule has 0 bridgehead atoms. The number of carbonyl (C=O) groups is 1. The number of carbonyl (C=O) groups excluding carboxylic acids is 1. The molecule has 3 rings (SSSR count). The van der Waals surface area contributed by atoms with Gasteiger partial charge in [0.1, 0.15) is 0 Å². The molecule has 20 heavy (non-hydrogen) atoms. The molecule has 1 heterocycles. The van der Waals surface area contributed by atoms with Crippen molar-refractivity contribution in [1.29, 1.82) is 0 Å². The summed E-state index contributed by atoms with van der Waals surface area (Å²) >= 11 is 0. The van der Waals surface area contributed by atoms with Crippen molar-refractivity contribution in [2.75, 3.05) is 18.0 Å². The van der Waals surface area contributed by atoms with Gasteiger partial charge in [-0.3, -0.25) is 4.79 Å². The van der Waals surface area contributed by atoms with E-state index in [1.807, 2.05) is 6.92 Å². The number of anilines is 1. The van der Waals surface area contributed by atoms with Crippen molar-refractivity contribution in [3.8, 4) is 0 Å². The Kier molecular flexibility index (Phi) is 3.42. The van der Waals surface area contributed by atoms with Crippen LogP contribution in [0.25, 0.3) is 0 Å². The zero-order valence-corrected chi connectivity index (χ0v) is 12.1. The van der Waals surface area contributed by atoms with Crippen LogP contribution >= 0.6 is 0 Å². The van der Waals surface area contributed by atoms with Crippen LogP contribution in [0.4, 0.5) is 5.69 Å². The average molecular weight is 273 g/mol. The minimum atomic E-state index is -0.585. The first-order valence-corrected chi connectivity index (χ1v) is 7.49. The van der Waals surface area contributed by atoms with E-state index in [0.717, 1.165) is 38.8 Å². The summed E-state index contributed by atoms with van der Waals surface area (Å²) in [5.74, 6) is -0.239. The zero-order chi connectivity index (χ0) is 14.2. The molecule has 0 radical (unpaired) electrons. The minimum absolute atomic E-state index is 0.239. The molecule has 1 aromatic carbocycles. The molecular formula is C16H23N3O. The van der Waals surface area contributed by atoms with E-state index in [1.54, 1.807) is 0 Å². The summed E-state index contributed by atoms with van der Waals surface area (Å²) in [5.41, 5.74) is 7.74. The normalized spacial score (nSPS) is 20.6. The summed E-state index contributed by atoms with van der Waals surface area (Å²) in [7, 11) is 0. The first-order valence-electron chi connectivity index (χ1n) is 7.49. The fraction of sp³-hybridized carbons (Fsp3) is 0.562. The number of nitrogens with one attached hydrogen (secondary N) is 1. The second-order valence-corrected chi connectivity index (χ2v) is 6.23. The Morgan fingerprint density at radius 3 is 2.90 bits per heavy atom. The lowest BCUT2D eigenvalue weighted by molar-refractivity contribution is -0.124. The molecule has 2 aliphatic rings. The van der Waals surface area contributed by atoms with Gasteiger partial charge in [-0.2, -0.15) is 0 Å². The van der Waals surface area contributed by atoms with Crippen LogP contribution in [-0.2, 0) is 11.2 Å². The van der Waals surface area contributed by atoms with E-state index < -0.39 is 5.54 Å². The van der Waals surface area contributed by atoms with E-state index in [4.69, 9.17) is 5.73 Å². The van der Waals surface area contributed by atoms with Crippen LogP contribution in [-0.4, -0.2) is 30.6 Å². The van der Waals surface area contributed by atoms with Crippen LogP contribution in [0, 0.1) is 0 Å². The summed E-state index contributed by atoms with van der Waals surface area (Å²) in [6.07, 6.45) is 4.18. The average Bonchev–Trinajstić information content (AvgIpc) is 3.14. The Balaban J connectivity index is 1.65. The molecule has 0 spiro atoms. The lowest BCUT2D eigenvalue weighted by Gasteiger charge is -2.30. The van der Waals surface area contributed by atoms with Crippen LogP contribution in [0.5, 0.6) is 0 Å². The number of hydrogen-bond acceptors (Lipinski definition) is 3. The van der Waals surface area contributed by atoms with Gasteiger partial charge in [0, 0.05) is 24.8 Å². The third-order valence-corrected chi connectivity index (χ3v) is 4.51. The van der Waals surface area contributed by atoms with Gasteiger partial charge in [-0.1, -0.05) is 18.2 Å². The second kappa shape index (κ2) is 5.09. The molecule has 1 atom stereocenters. The fourth-order valence-corrected chi connectivity index (χ4v) is 2.94. The number of amides is 1. The number of primary amides is 1. The molecule has 1 fully saturated rings. The number of benzene rings is 1. The van der Waals surface area contributed by atoms with Gasteiger partial charge in [0.15, 0.2) is 0 Å². The number of nitrogens with zero attached hydrogens (tertiary/aromatic N) is 1. The topological polar surface area (TPSA) is 58.4 Å². The highest BCUT2D eigenvalue weighted by molar-refractivity contribution is 5.84. The standard InChI is InChI=1S/C16H23N3O/c1-16(15(17)20,18-13-6-7-13)9-11-19-10-8-12-4-2-3-5-14(12)19/h2-5,13,18H,6-11H2,1H3,(H2,17,20). The molecule has 1 aliphatic carbocycles. The lowest BCUT2D eigenvalue weighted by atomic mass is 9.96. The Labute approximate surface area is 120 Å². The summed E-state index contributed by atoms with van der Waals surface area (Å²) in [6.45, 7) is 3.85. The van der Waals surface area contributed by atoms with Crippen LogP contribution in [0.3, 0.4) is 0 Å². The van der Waals surface area contributed by atoms with Crippen molar-refractivity contribution in [2.24, 2.45) is 5.73 Å². The number of para-hydroxylation sites is 1. The predicted molar refractivity (Wildman–Crippen MR) is 80.7 cm³/mol. The quantitative estimate of drug-likeness (QED) is 0.824. The van der Waals surface area contributed by atoms with Gasteiger partial charge >= 0.3 is 0 Å². The molecule has 1 aliphatic heterocycles. The van der Waals surface area contributed by atoms with E-state index in [2.05, 4.69) is 34.5 Å². The Bertz CT molecular complexity index is 512. The van der Waals surface area contributed by atoms with Crippen molar-refractivity contribution in [1.82, 2.24) is 5.32 Å². The second-order valence-electron chi connectivity index (χ2n) is 6.23. The molecule has 0 aromatic heterocycles. The molecule has 1 aromatic rings. The lowest BCUT2D eigenvalue weighted by Crippen LogP contribution is -2.55. The first-order chi connectivity index (χ1) is 9.58. The van der Waals surface area contributed by atoms with E-state index in [1.165, 1.54) is 11.3 Å². The van der Waals surface area contributed by atoms with Crippen molar-refractivity contribution in [3.63, 3.8) is 0 Å². The largest absolute Gasteiger partial charge is 0.371 e. The van der Waals surface area contributed by atoms with Crippen molar-refractivity contribution in [3.05, 3.63) is 29.8 Å². The van der Waals surface area contributed by atoms with Crippen LogP contribution in [0.15, 0.2) is 24.3 Å². The van der Waals surface area contributed by atoms with Crippen molar-refractivity contribution >= 4 is 11.6 Å². The number of rotatable bonds is 6. The van der Waals surface area contributed by atoms with E-state index in [0.29, 0.717) is 6.04 Å². The SMILES string of the molecule is CC(CCN1CCc2ccccc21)(NC1CC1)C(N)=O. The number of fused-ring (bicyclic) bond motifs is 1. The highest BCUT2D eigenvalue weighted by atomic mass is 16.1. The molecule has 1 saturated carbocycles. The van der Waals surface area contributed by atoms with E-state index in [9.17, 15) is 4.79 Å². The maximum absolute atomic E-state index is 11.8. The molecule has 1 amide bonds. The maximum Gasteiger partial charge on any atom is 0.237 e. The van der Waals surface area contributed by atoms with Gasteiger partial charge in [-0.05, 0) is 44.2 Å². The van der Waals surface area contributed by atoms with Gasteiger partial charge in [0.2, 0.25) is 5.91 Å². The Morgan fingerprint density at radius 2 is 2.20 bits per heavy atom. The molecule has 3 N–H and O–H groups in total. The third-order valence-electron chi connectivity index (χ3n) is 4.51. The molecule has 4 nitrogen and oxygen atoms in total. The minimum Gasteiger partial charge on any atom is -0.371 e. The smallest absolute Gasteiger partial charge is 0.237 e. The van der Waals surface area contributed by atoms with Crippen LogP contribution in [0.1, 0.15) is 31.7 Å². The van der Waals surface area contributed by atoms with Crippen molar-refractivity contribution in [2.45, 2.75) is 44.2 Å². The highest BCUT2D eigenvalue weighted by Crippen LogP contribution is 2.29. The zero-order valence-electron chi connectivity index (χ0n) is 12.1. The van der Waals surface area contributed by atoms with Gasteiger partial charge in [-0.25, -0.2) is 0 Å². The summed E-state index contributed by atoms with van der Waals surface area (Å²) in [5, 5.41) is 3.41. The van der Waals surface area contributed by atoms with Gasteiger partial charge in [-0.15, -0.1) is 0 Å². The Morgan fingerprint density at radius 1 is 1.45 bits per heavy atom. The van der Waals surface area contributed by atoms with E-state index in [-0.39, 0.29) is 5.91 Å². The first kappa shape index (κ1) is 13.4. The van der Waals surface area contributed by atoms with Gasteiger partial charge < -0.3 is 16.0 Å². The molecule has 4 heteroatoms. The molecule has 108 valence electrons. The number of hydrogen-bond donors (Lipinski definition) is 2. The number of nitrogens with two attached hydrogens (primary N) is 1. The van der Waals surface area contributed by atoms with Crippen LogP contribution < -0.4 is 16.0 Å². The third kappa shape index (κ3) is 2.66. The van der Waals surface area contributed by atoms with Crippen LogP contribution in [0.2, 0.25) is 0 Å². The molecule has 0 saturated heterocycles. The summed E-state index contributed by atoms with van der Waals surface area (Å²) in [4.78, 5) is 14.1. The monoisotopic (exact) mass is 273 g/mol. The molecular weight excluding hydrogens is 250 g/mol. The van der Waals surface area contributed by atoms with Crippen molar-refractivity contribution < 1.29 is 4.79 Å². The predicted octanol–water partition coefficient (Wildman–Crippen LogP) is 1.44. The van der Waals surface area contributed by atoms with Gasteiger partial charge in [0.05, 0.1) is 5.54 Å². The maximum atomic E-state index is 11.8. The highest BCUT2D eigenvalue weighted by Gasteiger charge is 2.37.